The Balaban J connectivity index is 3.03. The van der Waals surface area contributed by atoms with Gasteiger partial charge in [0.2, 0.25) is 0 Å². The minimum atomic E-state index is -2.46. The van der Waals surface area contributed by atoms with Crippen LogP contribution in [0.15, 0.2) is 0 Å². The molecule has 0 aromatic carbocycles. The van der Waals surface area contributed by atoms with Crippen LogP contribution in [0.25, 0.3) is 0 Å². The Labute approximate surface area is 169 Å². The molecule has 1 fully saturated rings. The van der Waals surface area contributed by atoms with Gasteiger partial charge in [-0.25, -0.2) is 0 Å². The van der Waals surface area contributed by atoms with Gasteiger partial charge in [0.25, 0.3) is 0 Å². The van der Waals surface area contributed by atoms with Crippen LogP contribution in [0.4, 0.5) is 0 Å². The predicted molar refractivity (Wildman–Crippen MR) is 112 cm³/mol. The molecule has 0 spiro atoms. The quantitative estimate of drug-likeness (QED) is 0.195. The third-order valence-corrected chi connectivity index (χ3v) is 18.0. The van der Waals surface area contributed by atoms with Crippen LogP contribution in [0.5, 0.6) is 0 Å². The molecule has 0 aromatic rings. The maximum atomic E-state index is 11.3. The molecule has 1 aliphatic rings. The van der Waals surface area contributed by atoms with Crippen molar-refractivity contribution < 1.29 is 28.6 Å². The summed E-state index contributed by atoms with van der Waals surface area (Å²) < 4.78 is 13.4. The summed E-state index contributed by atoms with van der Waals surface area (Å²) >= 11 is 2.62. The van der Waals surface area contributed by atoms with Gasteiger partial charge >= 0.3 is 170 Å². The summed E-state index contributed by atoms with van der Waals surface area (Å²) in [5, 5.41) is 0. The van der Waals surface area contributed by atoms with E-state index < -0.39 is 4.25 Å². The molecule has 0 aliphatic heterocycles. The Bertz CT molecular complexity index is 451. The first-order valence-corrected chi connectivity index (χ1v) is 14.9. The van der Waals surface area contributed by atoms with Gasteiger partial charge in [-0.3, -0.25) is 0 Å². The Hall–Kier alpha value is -0.430. The number of hydrogen-bond acceptors (Lipinski definition) is 6. The van der Waals surface area contributed by atoms with Gasteiger partial charge in [0, 0.05) is 0 Å². The summed E-state index contributed by atoms with van der Waals surface area (Å²) in [5.74, 6) is -0.847. The van der Waals surface area contributed by atoms with Crippen LogP contribution in [-0.4, -0.2) is 61.9 Å². The van der Waals surface area contributed by atoms with Gasteiger partial charge in [0.15, 0.2) is 0 Å². The molecule has 0 radical (unpaired) electrons. The Morgan fingerprint density at radius 2 is 1.12 bits per heavy atom. The van der Waals surface area contributed by atoms with E-state index in [0.29, 0.717) is 25.5 Å². The first-order chi connectivity index (χ1) is 12.2. The molecule has 1 saturated carbocycles. The van der Waals surface area contributed by atoms with Crippen molar-refractivity contribution in [2.24, 2.45) is 0 Å². The fraction of sp³-hybridized carbons (Fsp3) is 0.833. The van der Waals surface area contributed by atoms with E-state index in [1.54, 1.807) is 0 Å². The molecule has 1 aliphatic carbocycles. The summed E-state index contributed by atoms with van der Waals surface area (Å²) in [6.07, 6.45) is 8.25. The third-order valence-electron chi connectivity index (χ3n) is 5.27. The average Bonchev–Trinajstić information content (AvgIpc) is 2.55. The number of carbonyl (C=O) groups is 3. The van der Waals surface area contributed by atoms with Crippen molar-refractivity contribution >= 4 is 44.2 Å². The summed E-state index contributed by atoms with van der Waals surface area (Å²) in [6.45, 7) is 5.35. The van der Waals surface area contributed by atoms with Gasteiger partial charge in [0.05, 0.1) is 0 Å². The van der Waals surface area contributed by atoms with Crippen molar-refractivity contribution in [1.82, 2.24) is 0 Å². The van der Waals surface area contributed by atoms with Crippen molar-refractivity contribution in [2.75, 3.05) is 38.3 Å². The molecule has 0 bridgehead atoms. The molecule has 0 heterocycles. The Morgan fingerprint density at radius 1 is 0.769 bits per heavy atom. The third kappa shape index (κ3) is 7.67. The van der Waals surface area contributed by atoms with Crippen molar-refractivity contribution in [3.8, 4) is 0 Å². The zero-order valence-electron chi connectivity index (χ0n) is 16.1. The fourth-order valence-corrected chi connectivity index (χ4v) is 12.3. The number of esters is 3. The van der Waals surface area contributed by atoms with Gasteiger partial charge < -0.3 is 0 Å². The van der Waals surface area contributed by atoms with Crippen LogP contribution >= 0.6 is 26.3 Å². The van der Waals surface area contributed by atoms with Gasteiger partial charge in [-0.05, 0) is 0 Å². The van der Waals surface area contributed by atoms with E-state index in [1.807, 2.05) is 0 Å². The Morgan fingerprint density at radius 3 is 1.42 bits per heavy atom. The van der Waals surface area contributed by atoms with E-state index >= 15 is 0 Å². The SMILES string of the molecule is CC(=O)OCCP(I)(CCOC(C)=O)(CCOC(C)=O)C1CCCCC1. The standard InChI is InChI=1S/C18H32IO6P/c1-15(20)23-9-12-26(19,13-10-24-16(2)21,14-11-25-17(3)22)18-7-5-4-6-8-18/h18H,4-14H2,1-3H3. The second-order valence-corrected chi connectivity index (χ2v) is 20.4. The van der Waals surface area contributed by atoms with Gasteiger partial charge in [0.1, 0.15) is 0 Å². The van der Waals surface area contributed by atoms with Crippen molar-refractivity contribution in [2.45, 2.75) is 58.5 Å². The zero-order valence-corrected chi connectivity index (χ0v) is 19.2. The van der Waals surface area contributed by atoms with Crippen molar-refractivity contribution in [3.05, 3.63) is 0 Å². The summed E-state index contributed by atoms with van der Waals surface area (Å²) in [7, 11) is 0. The van der Waals surface area contributed by atoms with Crippen LogP contribution in [0.1, 0.15) is 52.9 Å². The molecule has 0 unspecified atom stereocenters. The maximum absolute atomic E-state index is 11.3. The summed E-state index contributed by atoms with van der Waals surface area (Å²) in [4.78, 5) is 33.8. The summed E-state index contributed by atoms with van der Waals surface area (Å²) in [6, 6.07) is 0. The van der Waals surface area contributed by atoms with Crippen LogP contribution in [0.3, 0.4) is 0 Å². The molecule has 0 atom stereocenters. The van der Waals surface area contributed by atoms with Crippen LogP contribution in [0.2, 0.25) is 0 Å². The second-order valence-electron chi connectivity index (χ2n) is 7.16. The van der Waals surface area contributed by atoms with E-state index in [-0.39, 0.29) is 17.9 Å². The minimum absolute atomic E-state index is 0.282. The topological polar surface area (TPSA) is 78.9 Å². The van der Waals surface area contributed by atoms with Crippen molar-refractivity contribution in [1.29, 1.82) is 0 Å². The van der Waals surface area contributed by atoms with Gasteiger partial charge in [-0.15, -0.1) is 0 Å². The normalized spacial score (nSPS) is 17.0. The average molecular weight is 502 g/mol. The second kappa shape index (κ2) is 10.8. The number of carbonyl (C=O) groups excluding carboxylic acids is 3. The molecule has 0 amide bonds. The molecule has 152 valence electrons. The number of rotatable bonds is 10. The molecule has 0 N–H and O–H groups in total. The first kappa shape index (κ1) is 23.6. The fourth-order valence-electron chi connectivity index (χ4n) is 3.83. The predicted octanol–water partition coefficient (Wildman–Crippen LogP) is 3.91. The van der Waals surface area contributed by atoms with Crippen LogP contribution < -0.4 is 0 Å². The Kier molecular flexibility index (Phi) is 9.80. The molecular formula is C18H32IO6P. The molecule has 1 rings (SSSR count). The first-order valence-electron chi connectivity index (χ1n) is 9.28. The van der Waals surface area contributed by atoms with E-state index in [9.17, 15) is 14.4 Å². The van der Waals surface area contributed by atoms with Crippen molar-refractivity contribution in [3.63, 3.8) is 0 Å². The molecular weight excluding hydrogens is 470 g/mol. The molecule has 0 aromatic heterocycles. The number of ether oxygens (including phenoxy) is 3. The van der Waals surface area contributed by atoms with Crippen LogP contribution in [0, 0.1) is 0 Å². The molecule has 0 saturated heterocycles. The summed E-state index contributed by atoms with van der Waals surface area (Å²) in [5.41, 5.74) is 0.525. The van der Waals surface area contributed by atoms with Gasteiger partial charge in [-0.2, -0.15) is 0 Å². The molecule has 26 heavy (non-hydrogen) atoms. The van der Waals surface area contributed by atoms with Gasteiger partial charge in [-0.1, -0.05) is 0 Å². The van der Waals surface area contributed by atoms with E-state index in [1.165, 1.54) is 40.0 Å². The molecule has 6 nitrogen and oxygen atoms in total. The van der Waals surface area contributed by atoms with E-state index in [4.69, 9.17) is 14.2 Å². The zero-order chi connectivity index (χ0) is 19.7. The molecule has 8 heteroatoms. The van der Waals surface area contributed by atoms with E-state index in [0.717, 1.165) is 31.3 Å². The number of halogens is 1. The van der Waals surface area contributed by atoms with Crippen LogP contribution in [-0.2, 0) is 28.6 Å². The monoisotopic (exact) mass is 502 g/mol. The van der Waals surface area contributed by atoms with E-state index in [2.05, 4.69) is 22.0 Å². The number of hydrogen-bond donors (Lipinski definition) is 0.